The van der Waals surface area contributed by atoms with Crippen molar-refractivity contribution in [2.45, 2.75) is 30.1 Å². The van der Waals surface area contributed by atoms with Crippen LogP contribution in [0.4, 0.5) is 17.1 Å². The number of phenolic OH excluding ortho intramolecular Hbond substituents is 1. The van der Waals surface area contributed by atoms with Gasteiger partial charge in [0.1, 0.15) is 16.4 Å². The Morgan fingerprint density at radius 2 is 1.54 bits per heavy atom. The average molecular weight is 522 g/mol. The highest BCUT2D eigenvalue weighted by molar-refractivity contribution is 7.86. The maximum atomic E-state index is 12.0. The molecule has 12 nitrogen and oxygen atoms in total. The fourth-order valence-corrected chi connectivity index (χ4v) is 4.47. The zero-order chi connectivity index (χ0) is 26.1. The smallest absolute Gasteiger partial charge is 0.296 e. The van der Waals surface area contributed by atoms with Crippen molar-refractivity contribution in [1.29, 1.82) is 0 Å². The number of rotatable bonds is 7. The second-order valence-electron chi connectivity index (χ2n) is 7.52. The van der Waals surface area contributed by atoms with Crippen molar-refractivity contribution in [3.05, 3.63) is 48.0 Å². The minimum Gasteiger partial charge on any atom is -0.505 e. The number of aromatic hydroxyl groups is 1. The van der Waals surface area contributed by atoms with Crippen molar-refractivity contribution in [3.63, 3.8) is 0 Å². The summed E-state index contributed by atoms with van der Waals surface area (Å²) in [5, 5.41) is 20.3. The Labute approximate surface area is 199 Å². The molecule has 0 bridgehead atoms. The molecule has 0 aliphatic rings. The number of benzene rings is 3. The van der Waals surface area contributed by atoms with Gasteiger partial charge in [-0.1, -0.05) is 12.1 Å². The van der Waals surface area contributed by atoms with Crippen LogP contribution in [0.5, 0.6) is 5.75 Å². The number of nitrogens with zero attached hydrogens (tertiary/aromatic N) is 2. The predicted molar refractivity (Wildman–Crippen MR) is 125 cm³/mol. The molecule has 0 radical (unpaired) electrons. The van der Waals surface area contributed by atoms with Crippen molar-refractivity contribution in [3.8, 4) is 5.75 Å². The molecule has 0 aliphatic heterocycles. The van der Waals surface area contributed by atoms with Gasteiger partial charge in [0.2, 0.25) is 5.91 Å². The van der Waals surface area contributed by atoms with Gasteiger partial charge in [0.05, 0.1) is 16.3 Å². The highest BCUT2D eigenvalue weighted by Gasteiger charge is 2.25. The summed E-state index contributed by atoms with van der Waals surface area (Å²) in [7, 11) is -9.80. The van der Waals surface area contributed by atoms with Crippen molar-refractivity contribution in [1.82, 2.24) is 0 Å². The van der Waals surface area contributed by atoms with Gasteiger partial charge in [0.25, 0.3) is 20.2 Å². The van der Waals surface area contributed by atoms with Crippen molar-refractivity contribution >= 4 is 59.8 Å². The molecular weight excluding hydrogens is 502 g/mol. The number of carbonyl (C=O) groups is 2. The number of ketones is 1. The Balaban J connectivity index is 2.27. The van der Waals surface area contributed by atoms with Crippen LogP contribution in [-0.2, 0) is 36.2 Å². The lowest BCUT2D eigenvalue weighted by Crippen LogP contribution is -2.08. The first-order chi connectivity index (χ1) is 16.2. The van der Waals surface area contributed by atoms with Crippen LogP contribution < -0.4 is 5.32 Å². The van der Waals surface area contributed by atoms with Gasteiger partial charge in [-0.05, 0) is 48.2 Å². The quantitative estimate of drug-likeness (QED) is 0.265. The predicted octanol–water partition coefficient (Wildman–Crippen LogP) is 3.54. The van der Waals surface area contributed by atoms with E-state index in [1.54, 1.807) is 12.1 Å². The number of carbonyl (C=O) groups excluding carboxylic acids is 2. The van der Waals surface area contributed by atoms with Crippen molar-refractivity contribution < 1.29 is 40.6 Å². The summed E-state index contributed by atoms with van der Waals surface area (Å²) < 4.78 is 66.5. The van der Waals surface area contributed by atoms with Gasteiger partial charge in [-0.3, -0.25) is 18.7 Å². The summed E-state index contributed by atoms with van der Waals surface area (Å²) in [6.45, 7) is 2.53. The number of anilines is 1. The van der Waals surface area contributed by atoms with E-state index >= 15 is 0 Å². The summed E-state index contributed by atoms with van der Waals surface area (Å²) in [4.78, 5) is 21.3. The molecule has 0 unspecified atom stereocenters. The number of phenols is 1. The minimum atomic E-state index is -5.01. The topological polar surface area (TPSA) is 200 Å². The molecule has 4 N–H and O–H groups in total. The van der Waals surface area contributed by atoms with E-state index in [1.807, 2.05) is 0 Å². The van der Waals surface area contributed by atoms with Gasteiger partial charge >= 0.3 is 0 Å². The second-order valence-corrected chi connectivity index (χ2v) is 10.3. The maximum Gasteiger partial charge on any atom is 0.296 e. The summed E-state index contributed by atoms with van der Waals surface area (Å²) in [5.41, 5.74) is -0.0221. The molecule has 14 heteroatoms. The van der Waals surface area contributed by atoms with E-state index in [0.717, 1.165) is 25.1 Å². The van der Waals surface area contributed by atoms with Gasteiger partial charge in [0.15, 0.2) is 5.75 Å². The summed E-state index contributed by atoms with van der Waals surface area (Å²) >= 11 is 0. The van der Waals surface area contributed by atoms with E-state index in [-0.39, 0.29) is 34.4 Å². The standard InChI is InChI=1S/C21H19N3O9S2/c1-11(25)7-13-3-5-15(6-4-13)23-24-20-18(35(31,32)33)9-14-8-16(34(28,29)30)10-17(22-12(2)26)19(14)21(20)27/h3-6,8-10,27H,7H2,1-2H3,(H,22,26)(H,28,29,30)(H,31,32,33). The molecule has 1 amide bonds. The van der Waals surface area contributed by atoms with Crippen molar-refractivity contribution in [2.75, 3.05) is 5.32 Å². The monoisotopic (exact) mass is 521 g/mol. The Bertz CT molecular complexity index is 1600. The van der Waals surface area contributed by atoms with Crippen LogP contribution >= 0.6 is 0 Å². The van der Waals surface area contributed by atoms with E-state index in [0.29, 0.717) is 5.56 Å². The van der Waals surface area contributed by atoms with E-state index < -0.39 is 47.4 Å². The molecular formula is C21H19N3O9S2. The van der Waals surface area contributed by atoms with Crippen LogP contribution in [0, 0.1) is 0 Å². The fraction of sp³-hybridized carbons (Fsp3) is 0.143. The van der Waals surface area contributed by atoms with Gasteiger partial charge in [-0.25, -0.2) is 0 Å². The number of Topliss-reactive ketones (excluding diaryl/α,β-unsaturated/α-hetero) is 1. The molecule has 0 fully saturated rings. The third-order valence-electron chi connectivity index (χ3n) is 4.66. The first-order valence-corrected chi connectivity index (χ1v) is 12.6. The van der Waals surface area contributed by atoms with E-state index in [2.05, 4.69) is 15.5 Å². The van der Waals surface area contributed by atoms with E-state index in [1.165, 1.54) is 19.1 Å². The minimum absolute atomic E-state index is 0.0506. The Morgan fingerprint density at radius 1 is 0.914 bits per heavy atom. The lowest BCUT2D eigenvalue weighted by molar-refractivity contribution is -0.116. The molecule has 0 spiro atoms. The molecule has 0 aromatic heterocycles. The molecule has 184 valence electrons. The molecule has 0 atom stereocenters. The van der Waals surface area contributed by atoms with Gasteiger partial charge in [-0.2, -0.15) is 21.9 Å². The summed E-state index contributed by atoms with van der Waals surface area (Å²) in [6.07, 6.45) is 0.202. The highest BCUT2D eigenvalue weighted by Crippen LogP contribution is 2.45. The molecule has 0 saturated carbocycles. The number of azo groups is 1. The largest absolute Gasteiger partial charge is 0.505 e. The molecule has 3 rings (SSSR count). The lowest BCUT2D eigenvalue weighted by atomic mass is 10.1. The maximum absolute atomic E-state index is 12.0. The normalized spacial score (nSPS) is 12.2. The molecule has 0 saturated heterocycles. The molecule has 3 aromatic rings. The summed E-state index contributed by atoms with van der Waals surface area (Å²) in [5.74, 6) is -1.55. The summed E-state index contributed by atoms with van der Waals surface area (Å²) in [6, 6.07) is 8.72. The van der Waals surface area contributed by atoms with E-state index in [4.69, 9.17) is 0 Å². The number of amides is 1. The Kier molecular flexibility index (Phi) is 7.03. The Hall–Kier alpha value is -3.72. The molecule has 3 aromatic carbocycles. The van der Waals surface area contributed by atoms with Crippen LogP contribution in [0.15, 0.2) is 62.5 Å². The van der Waals surface area contributed by atoms with Crippen LogP contribution in [0.1, 0.15) is 19.4 Å². The van der Waals surface area contributed by atoms with E-state index in [9.17, 15) is 40.6 Å². The Morgan fingerprint density at radius 3 is 2.06 bits per heavy atom. The van der Waals surface area contributed by atoms with Crippen molar-refractivity contribution in [2.24, 2.45) is 10.2 Å². The lowest BCUT2D eigenvalue weighted by Gasteiger charge is -2.14. The van der Waals surface area contributed by atoms with Crippen LogP contribution in [0.2, 0.25) is 0 Å². The zero-order valence-corrected chi connectivity index (χ0v) is 19.9. The highest BCUT2D eigenvalue weighted by atomic mass is 32.2. The first kappa shape index (κ1) is 25.9. The third-order valence-corrected chi connectivity index (χ3v) is 6.36. The SMILES string of the molecule is CC(=O)Cc1ccc(N=Nc2c(S(=O)(=O)O)cc3cc(S(=O)(=O)O)cc(NC(C)=O)c3c2O)cc1. The average Bonchev–Trinajstić information content (AvgIpc) is 2.71. The number of hydrogen-bond donors (Lipinski definition) is 4. The molecule has 35 heavy (non-hydrogen) atoms. The van der Waals surface area contributed by atoms with Crippen LogP contribution in [0.25, 0.3) is 10.8 Å². The molecule has 0 heterocycles. The number of nitrogens with one attached hydrogen (secondary N) is 1. The van der Waals surface area contributed by atoms with Gasteiger partial charge in [-0.15, -0.1) is 5.11 Å². The molecule has 0 aliphatic carbocycles. The number of fused-ring (bicyclic) bond motifs is 1. The third kappa shape index (κ3) is 6.05. The zero-order valence-electron chi connectivity index (χ0n) is 18.3. The van der Waals surface area contributed by atoms with Gasteiger partial charge in [0, 0.05) is 18.7 Å². The van der Waals surface area contributed by atoms with Crippen LogP contribution in [0.3, 0.4) is 0 Å². The first-order valence-electron chi connectivity index (χ1n) is 9.73. The fourth-order valence-electron chi connectivity index (χ4n) is 3.27. The van der Waals surface area contributed by atoms with Crippen LogP contribution in [-0.4, -0.2) is 42.7 Å². The second kappa shape index (κ2) is 9.50. The number of hydrogen-bond acceptors (Lipinski definition) is 9. The van der Waals surface area contributed by atoms with Gasteiger partial charge < -0.3 is 10.4 Å².